The highest BCUT2D eigenvalue weighted by atomic mass is 16.5. The molecule has 0 aromatic rings. The lowest BCUT2D eigenvalue weighted by Gasteiger charge is -2.20. The number of rotatable bonds is 12. The summed E-state index contributed by atoms with van der Waals surface area (Å²) < 4.78 is 5.46. The Labute approximate surface area is 118 Å². The van der Waals surface area contributed by atoms with E-state index in [0.717, 1.165) is 32.0 Å². The zero-order valence-electron chi connectivity index (χ0n) is 12.9. The lowest BCUT2D eigenvalue weighted by Crippen LogP contribution is -2.32. The first kappa shape index (κ1) is 16.9. The highest BCUT2D eigenvalue weighted by Crippen LogP contribution is 2.28. The Kier molecular flexibility index (Phi) is 8.62. The third-order valence-corrected chi connectivity index (χ3v) is 3.74. The molecule has 0 saturated heterocycles. The van der Waals surface area contributed by atoms with E-state index in [4.69, 9.17) is 4.74 Å². The van der Waals surface area contributed by atoms with Gasteiger partial charge in [0.05, 0.1) is 12.7 Å². The highest BCUT2D eigenvalue weighted by Gasteiger charge is 2.21. The van der Waals surface area contributed by atoms with E-state index in [9.17, 15) is 5.11 Å². The van der Waals surface area contributed by atoms with Crippen LogP contribution in [0, 0.1) is 5.92 Å². The molecule has 0 heterocycles. The number of nitrogens with one attached hydrogen (secondary N) is 1. The van der Waals surface area contributed by atoms with Crippen LogP contribution in [0.25, 0.3) is 0 Å². The summed E-state index contributed by atoms with van der Waals surface area (Å²) in [5, 5.41) is 13.0. The second kappa shape index (κ2) is 9.70. The van der Waals surface area contributed by atoms with E-state index >= 15 is 0 Å². The van der Waals surface area contributed by atoms with Gasteiger partial charge in [0.1, 0.15) is 0 Å². The SMILES string of the molecule is CC(C)N(C)CCCCNCC(O)COCC1CC1. The van der Waals surface area contributed by atoms with Crippen LogP contribution in [-0.2, 0) is 4.74 Å². The largest absolute Gasteiger partial charge is 0.389 e. The van der Waals surface area contributed by atoms with E-state index < -0.39 is 0 Å². The van der Waals surface area contributed by atoms with Crippen LogP contribution in [0.5, 0.6) is 0 Å². The van der Waals surface area contributed by atoms with Gasteiger partial charge in [-0.2, -0.15) is 0 Å². The van der Waals surface area contributed by atoms with Crippen molar-refractivity contribution in [3.63, 3.8) is 0 Å². The van der Waals surface area contributed by atoms with E-state index in [2.05, 4.69) is 31.1 Å². The van der Waals surface area contributed by atoms with Crippen molar-refractivity contribution in [2.75, 3.05) is 39.9 Å². The van der Waals surface area contributed by atoms with Crippen LogP contribution in [0.3, 0.4) is 0 Å². The summed E-state index contributed by atoms with van der Waals surface area (Å²) in [4.78, 5) is 2.36. The summed E-state index contributed by atoms with van der Waals surface area (Å²) >= 11 is 0. The fourth-order valence-electron chi connectivity index (χ4n) is 1.85. The van der Waals surface area contributed by atoms with Gasteiger partial charge in [-0.3, -0.25) is 0 Å². The lowest BCUT2D eigenvalue weighted by atomic mass is 10.2. The zero-order chi connectivity index (χ0) is 14.1. The minimum absolute atomic E-state index is 0.364. The molecule has 19 heavy (non-hydrogen) atoms. The second-order valence-electron chi connectivity index (χ2n) is 6.12. The molecule has 0 aromatic carbocycles. The molecule has 1 atom stereocenters. The van der Waals surface area contributed by atoms with E-state index in [1.807, 2.05) is 0 Å². The third kappa shape index (κ3) is 9.38. The molecule has 0 radical (unpaired) electrons. The Morgan fingerprint density at radius 1 is 1.32 bits per heavy atom. The molecule has 1 rings (SSSR count). The van der Waals surface area contributed by atoms with Crippen LogP contribution >= 0.6 is 0 Å². The maximum Gasteiger partial charge on any atom is 0.0897 e. The standard InChI is InChI=1S/C15H32N2O2/c1-13(2)17(3)9-5-4-8-16-10-15(18)12-19-11-14-6-7-14/h13-16,18H,4-12H2,1-3H3. The highest BCUT2D eigenvalue weighted by molar-refractivity contribution is 4.72. The van der Waals surface area contributed by atoms with Gasteiger partial charge in [0.25, 0.3) is 0 Å². The second-order valence-corrected chi connectivity index (χ2v) is 6.12. The summed E-state index contributed by atoms with van der Waals surface area (Å²) in [6.45, 7) is 8.51. The number of ether oxygens (including phenoxy) is 1. The fourth-order valence-corrected chi connectivity index (χ4v) is 1.85. The Bertz CT molecular complexity index is 220. The van der Waals surface area contributed by atoms with E-state index in [-0.39, 0.29) is 6.10 Å². The van der Waals surface area contributed by atoms with Crippen molar-refractivity contribution in [3.05, 3.63) is 0 Å². The molecule has 0 bridgehead atoms. The maximum atomic E-state index is 9.70. The molecular weight excluding hydrogens is 240 g/mol. The summed E-state index contributed by atoms with van der Waals surface area (Å²) in [5.74, 6) is 0.776. The molecule has 0 aromatic heterocycles. The van der Waals surface area contributed by atoms with Gasteiger partial charge in [0.2, 0.25) is 0 Å². The van der Waals surface area contributed by atoms with Gasteiger partial charge in [-0.1, -0.05) is 0 Å². The Morgan fingerprint density at radius 2 is 2.05 bits per heavy atom. The summed E-state index contributed by atoms with van der Waals surface area (Å²) in [5.41, 5.74) is 0. The van der Waals surface area contributed by atoms with Gasteiger partial charge in [-0.15, -0.1) is 0 Å². The normalized spacial score (nSPS) is 17.4. The van der Waals surface area contributed by atoms with E-state index in [0.29, 0.717) is 19.2 Å². The molecule has 1 unspecified atom stereocenters. The molecule has 1 fully saturated rings. The number of hydrogen-bond donors (Lipinski definition) is 2. The number of aliphatic hydroxyl groups is 1. The topological polar surface area (TPSA) is 44.7 Å². The molecule has 1 aliphatic carbocycles. The van der Waals surface area contributed by atoms with Crippen molar-refractivity contribution in [1.82, 2.24) is 10.2 Å². The van der Waals surface area contributed by atoms with Crippen LogP contribution in [0.4, 0.5) is 0 Å². The summed E-state index contributed by atoms with van der Waals surface area (Å²) in [7, 11) is 2.17. The van der Waals surface area contributed by atoms with Gasteiger partial charge >= 0.3 is 0 Å². The number of hydrogen-bond acceptors (Lipinski definition) is 4. The molecule has 0 spiro atoms. The molecule has 4 heteroatoms. The molecular formula is C15H32N2O2. The van der Waals surface area contributed by atoms with Gasteiger partial charge < -0.3 is 20.1 Å². The van der Waals surface area contributed by atoms with Gasteiger partial charge in [0.15, 0.2) is 0 Å². The van der Waals surface area contributed by atoms with Crippen LogP contribution in [-0.4, -0.2) is 62.0 Å². The monoisotopic (exact) mass is 272 g/mol. The Balaban J connectivity index is 1.81. The average Bonchev–Trinajstić information content (AvgIpc) is 3.17. The molecule has 0 aliphatic heterocycles. The van der Waals surface area contributed by atoms with Crippen LogP contribution in [0.1, 0.15) is 39.5 Å². The first-order valence-electron chi connectivity index (χ1n) is 7.76. The number of aliphatic hydroxyl groups excluding tert-OH is 1. The zero-order valence-corrected chi connectivity index (χ0v) is 12.9. The third-order valence-electron chi connectivity index (χ3n) is 3.74. The minimum atomic E-state index is -0.364. The van der Waals surface area contributed by atoms with E-state index in [1.54, 1.807) is 0 Å². The summed E-state index contributed by atoms with van der Waals surface area (Å²) in [6.07, 6.45) is 4.61. The predicted molar refractivity (Wildman–Crippen MR) is 79.4 cm³/mol. The van der Waals surface area contributed by atoms with Crippen molar-refractivity contribution in [3.8, 4) is 0 Å². The predicted octanol–water partition coefficient (Wildman–Crippen LogP) is 1.48. The van der Waals surface area contributed by atoms with Crippen molar-refractivity contribution in [1.29, 1.82) is 0 Å². The first-order chi connectivity index (χ1) is 9.09. The quantitative estimate of drug-likeness (QED) is 0.528. The first-order valence-corrected chi connectivity index (χ1v) is 7.76. The van der Waals surface area contributed by atoms with Gasteiger partial charge in [-0.05, 0) is 65.6 Å². The molecule has 4 nitrogen and oxygen atoms in total. The average molecular weight is 272 g/mol. The lowest BCUT2D eigenvalue weighted by molar-refractivity contribution is 0.0326. The molecule has 0 amide bonds. The minimum Gasteiger partial charge on any atom is -0.389 e. The van der Waals surface area contributed by atoms with E-state index in [1.165, 1.54) is 19.3 Å². The smallest absolute Gasteiger partial charge is 0.0897 e. The Morgan fingerprint density at radius 3 is 2.68 bits per heavy atom. The van der Waals surface area contributed by atoms with Crippen LogP contribution in [0.15, 0.2) is 0 Å². The van der Waals surface area contributed by atoms with Crippen molar-refractivity contribution in [2.45, 2.75) is 51.7 Å². The molecule has 1 aliphatic rings. The van der Waals surface area contributed by atoms with Gasteiger partial charge in [-0.25, -0.2) is 0 Å². The Hall–Kier alpha value is -0.160. The van der Waals surface area contributed by atoms with Gasteiger partial charge in [0, 0.05) is 19.2 Å². The molecule has 2 N–H and O–H groups in total. The van der Waals surface area contributed by atoms with Crippen LogP contribution < -0.4 is 5.32 Å². The van der Waals surface area contributed by atoms with Crippen molar-refractivity contribution < 1.29 is 9.84 Å². The van der Waals surface area contributed by atoms with Crippen molar-refractivity contribution in [2.24, 2.45) is 5.92 Å². The number of nitrogens with zero attached hydrogens (tertiary/aromatic N) is 1. The molecule has 1 saturated carbocycles. The fraction of sp³-hybridized carbons (Fsp3) is 1.00. The maximum absolute atomic E-state index is 9.70. The number of unbranched alkanes of at least 4 members (excludes halogenated alkanes) is 1. The van der Waals surface area contributed by atoms with Crippen molar-refractivity contribution >= 4 is 0 Å². The van der Waals surface area contributed by atoms with Crippen LogP contribution in [0.2, 0.25) is 0 Å². The molecule has 114 valence electrons. The summed E-state index contributed by atoms with van der Waals surface area (Å²) in [6, 6.07) is 0.624.